The molecular weight excluding hydrogens is 390 g/mol. The third kappa shape index (κ3) is 4.48. The van der Waals surface area contributed by atoms with Crippen molar-refractivity contribution >= 4 is 28.3 Å². The van der Waals surface area contributed by atoms with Crippen molar-refractivity contribution in [2.75, 3.05) is 5.73 Å². The minimum atomic E-state index is 0.139. The number of hydrogen-bond acceptors (Lipinski definition) is 6. The molecule has 8 heteroatoms. The Labute approximate surface area is 179 Å². The second-order valence-corrected chi connectivity index (χ2v) is 7.50. The van der Waals surface area contributed by atoms with Crippen molar-refractivity contribution in [2.24, 2.45) is 0 Å². The van der Waals surface area contributed by atoms with Crippen molar-refractivity contribution in [3.8, 4) is 11.1 Å². The summed E-state index contributed by atoms with van der Waals surface area (Å²) in [5.41, 5.74) is 10.4. The van der Waals surface area contributed by atoms with E-state index in [9.17, 15) is 4.79 Å². The molecule has 8 nitrogen and oxygen atoms in total. The zero-order valence-electron chi connectivity index (χ0n) is 17.5. The normalized spacial score (nSPS) is 11.0. The molecule has 0 fully saturated rings. The van der Waals surface area contributed by atoms with Crippen LogP contribution in [0.2, 0.25) is 0 Å². The molecule has 0 saturated carbocycles. The summed E-state index contributed by atoms with van der Waals surface area (Å²) in [5, 5.41) is 18.0. The van der Waals surface area contributed by atoms with E-state index in [-0.39, 0.29) is 12.3 Å². The Balaban J connectivity index is 1.59. The molecule has 4 rings (SSSR count). The first-order chi connectivity index (χ1) is 14.9. The Hall–Kier alpha value is -3.94. The number of fused-ring (bicyclic) bond motifs is 1. The number of carbonyl (C=O) groups is 1. The highest BCUT2D eigenvalue weighted by Gasteiger charge is 2.14. The first kappa shape index (κ1) is 20.3. The molecule has 31 heavy (non-hydrogen) atoms. The van der Waals surface area contributed by atoms with Crippen LogP contribution in [0.25, 0.3) is 22.0 Å². The molecule has 0 bridgehead atoms. The molecular formula is C23H24N7O+. The number of Topliss-reactive ketones (excluding diaryl/α,β-unsaturated/α-hetero) is 1. The number of aryl methyl sites for hydroxylation is 1. The summed E-state index contributed by atoms with van der Waals surface area (Å²) in [6, 6.07) is 11.6. The van der Waals surface area contributed by atoms with Crippen molar-refractivity contribution in [1.29, 1.82) is 5.41 Å². The Morgan fingerprint density at radius 3 is 2.81 bits per heavy atom. The van der Waals surface area contributed by atoms with Gasteiger partial charge in [0.15, 0.2) is 5.78 Å². The van der Waals surface area contributed by atoms with Crippen LogP contribution in [0.1, 0.15) is 24.6 Å². The van der Waals surface area contributed by atoms with Crippen molar-refractivity contribution in [2.45, 2.75) is 33.2 Å². The van der Waals surface area contributed by atoms with Gasteiger partial charge in [0, 0.05) is 41.4 Å². The summed E-state index contributed by atoms with van der Waals surface area (Å²) in [6.07, 6.45) is 6.29. The number of nitrogens with zero attached hydrogens (tertiary/aromatic N) is 5. The topological polar surface area (TPSA) is 114 Å². The van der Waals surface area contributed by atoms with E-state index in [4.69, 9.17) is 11.1 Å². The molecule has 0 unspecified atom stereocenters. The molecule has 3 N–H and O–H groups in total. The van der Waals surface area contributed by atoms with E-state index in [0.717, 1.165) is 33.3 Å². The van der Waals surface area contributed by atoms with Crippen LogP contribution in [-0.2, 0) is 17.8 Å². The molecule has 0 saturated heterocycles. The SMILES string of the molecule is CCC(=O)Cn1cc(-c2cnc3ccc(CC(=N)[n+]4nc(C)ccc4N)cc3c2)cn1. The zero-order valence-corrected chi connectivity index (χ0v) is 17.5. The molecule has 4 aromatic rings. The third-order valence-corrected chi connectivity index (χ3v) is 5.07. The van der Waals surface area contributed by atoms with E-state index >= 15 is 0 Å². The summed E-state index contributed by atoms with van der Waals surface area (Å²) >= 11 is 0. The average Bonchev–Trinajstić information content (AvgIpc) is 3.23. The Morgan fingerprint density at radius 2 is 2.00 bits per heavy atom. The van der Waals surface area contributed by atoms with Gasteiger partial charge in [-0.1, -0.05) is 13.0 Å². The molecule has 0 aliphatic carbocycles. The summed E-state index contributed by atoms with van der Waals surface area (Å²) in [6.45, 7) is 3.99. The summed E-state index contributed by atoms with van der Waals surface area (Å²) in [7, 11) is 0. The summed E-state index contributed by atoms with van der Waals surface area (Å²) in [5.74, 6) is 0.866. The van der Waals surface area contributed by atoms with Crippen LogP contribution in [0.4, 0.5) is 5.82 Å². The van der Waals surface area contributed by atoms with Crippen LogP contribution < -0.4 is 10.4 Å². The summed E-state index contributed by atoms with van der Waals surface area (Å²) < 4.78 is 3.11. The van der Waals surface area contributed by atoms with Crippen molar-refractivity contribution in [3.63, 3.8) is 0 Å². The quantitative estimate of drug-likeness (QED) is 0.286. The number of nitrogen functional groups attached to an aromatic ring is 1. The van der Waals surface area contributed by atoms with E-state index in [1.807, 2.05) is 50.4 Å². The molecule has 0 aliphatic heterocycles. The summed E-state index contributed by atoms with van der Waals surface area (Å²) in [4.78, 5) is 16.2. The van der Waals surface area contributed by atoms with Gasteiger partial charge >= 0.3 is 0 Å². The molecule has 1 aromatic carbocycles. The number of rotatable bonds is 6. The van der Waals surface area contributed by atoms with Gasteiger partial charge in [-0.2, -0.15) is 10.5 Å². The molecule has 0 atom stereocenters. The Bertz CT molecular complexity index is 1290. The van der Waals surface area contributed by atoms with E-state index in [1.54, 1.807) is 23.1 Å². The Morgan fingerprint density at radius 1 is 1.16 bits per heavy atom. The number of benzene rings is 1. The van der Waals surface area contributed by atoms with E-state index in [2.05, 4.69) is 15.2 Å². The fourth-order valence-corrected chi connectivity index (χ4v) is 3.35. The number of pyridine rings is 1. The maximum Gasteiger partial charge on any atom is 0.258 e. The molecule has 0 aliphatic rings. The van der Waals surface area contributed by atoms with Crippen LogP contribution in [-0.4, -0.2) is 31.5 Å². The third-order valence-electron chi connectivity index (χ3n) is 5.07. The maximum atomic E-state index is 11.7. The van der Waals surface area contributed by atoms with E-state index in [0.29, 0.717) is 24.5 Å². The number of anilines is 1. The zero-order chi connectivity index (χ0) is 22.0. The molecule has 156 valence electrons. The maximum absolute atomic E-state index is 11.7. The van der Waals surface area contributed by atoms with Gasteiger partial charge in [-0.15, -0.1) is 9.78 Å². The lowest BCUT2D eigenvalue weighted by Crippen LogP contribution is -2.49. The molecule has 0 radical (unpaired) electrons. The van der Waals surface area contributed by atoms with Gasteiger partial charge in [0.25, 0.3) is 5.84 Å². The first-order valence-electron chi connectivity index (χ1n) is 10.1. The molecule has 0 spiro atoms. The fraction of sp³-hybridized carbons (Fsp3) is 0.217. The fourth-order valence-electron chi connectivity index (χ4n) is 3.35. The van der Waals surface area contributed by atoms with Crippen LogP contribution >= 0.6 is 0 Å². The minimum absolute atomic E-state index is 0.139. The van der Waals surface area contributed by atoms with Crippen LogP contribution in [0, 0.1) is 12.3 Å². The number of carbonyl (C=O) groups excluding carboxylic acids is 1. The molecule has 0 amide bonds. The number of aromatic nitrogens is 5. The van der Waals surface area contributed by atoms with E-state index < -0.39 is 0 Å². The lowest BCUT2D eigenvalue weighted by molar-refractivity contribution is -0.610. The van der Waals surface area contributed by atoms with Crippen LogP contribution in [0.3, 0.4) is 0 Å². The van der Waals surface area contributed by atoms with Crippen LogP contribution in [0.5, 0.6) is 0 Å². The van der Waals surface area contributed by atoms with Gasteiger partial charge in [-0.25, -0.2) is 0 Å². The van der Waals surface area contributed by atoms with Crippen molar-refractivity contribution < 1.29 is 9.48 Å². The number of hydrogen-bond donors (Lipinski definition) is 2. The van der Waals surface area contributed by atoms with Gasteiger partial charge < -0.3 is 5.73 Å². The number of nitrogens with one attached hydrogen (secondary N) is 1. The molecule has 3 aromatic heterocycles. The highest BCUT2D eigenvalue weighted by atomic mass is 16.1. The van der Waals surface area contributed by atoms with Gasteiger partial charge in [0.1, 0.15) is 0 Å². The van der Waals surface area contributed by atoms with Crippen molar-refractivity contribution in [3.05, 3.63) is 66.2 Å². The monoisotopic (exact) mass is 414 g/mol. The average molecular weight is 414 g/mol. The lowest BCUT2D eigenvalue weighted by Gasteiger charge is -2.06. The Kier molecular flexibility index (Phi) is 5.53. The van der Waals surface area contributed by atoms with Gasteiger partial charge in [0.2, 0.25) is 5.82 Å². The van der Waals surface area contributed by atoms with Crippen molar-refractivity contribution in [1.82, 2.24) is 19.9 Å². The smallest absolute Gasteiger partial charge is 0.258 e. The minimum Gasteiger partial charge on any atom is -0.317 e. The molecule has 3 heterocycles. The number of nitrogens with two attached hydrogens (primary N) is 1. The largest absolute Gasteiger partial charge is 0.317 e. The highest BCUT2D eigenvalue weighted by molar-refractivity contribution is 5.85. The van der Waals surface area contributed by atoms with Gasteiger partial charge in [-0.3, -0.25) is 14.5 Å². The second kappa shape index (κ2) is 8.43. The first-order valence-corrected chi connectivity index (χ1v) is 10.1. The predicted molar refractivity (Wildman–Crippen MR) is 119 cm³/mol. The second-order valence-electron chi connectivity index (χ2n) is 7.50. The standard InChI is InChI=1S/C23H23N7O/c1-3-20(31)14-29-13-19(12-27-29)18-10-17-8-16(5-6-21(17)26-11-18)9-23(25)30-22(24)7-4-15(2)28-30/h4-8,10-13,24-25H,3,9,14H2,1-2H3/p+1. The highest BCUT2D eigenvalue weighted by Crippen LogP contribution is 2.23. The van der Waals surface area contributed by atoms with Gasteiger partial charge in [0.05, 0.1) is 30.4 Å². The van der Waals surface area contributed by atoms with Gasteiger partial charge in [-0.05, 0) is 36.8 Å². The van der Waals surface area contributed by atoms with E-state index in [1.165, 1.54) is 4.68 Å². The lowest BCUT2D eigenvalue weighted by atomic mass is 10.0. The predicted octanol–water partition coefficient (Wildman–Crippen LogP) is 2.72. The van der Waals surface area contributed by atoms with Crippen LogP contribution in [0.15, 0.2) is 55.0 Å². The number of ketones is 1.